The molecular weight excluding hydrogens is 274 g/mol. The van der Waals surface area contributed by atoms with Crippen molar-refractivity contribution in [1.29, 1.82) is 0 Å². The predicted molar refractivity (Wildman–Crippen MR) is 63.4 cm³/mol. The van der Waals surface area contributed by atoms with Gasteiger partial charge in [-0.1, -0.05) is 34.8 Å². The van der Waals surface area contributed by atoms with Gasteiger partial charge in [0.2, 0.25) is 9.70 Å². The van der Waals surface area contributed by atoms with Crippen LogP contribution >= 0.6 is 34.8 Å². The minimum absolute atomic E-state index is 0.289. The Kier molecular flexibility index (Phi) is 4.92. The molecule has 0 saturated carbocycles. The molecule has 1 aromatic rings. The van der Waals surface area contributed by atoms with E-state index in [2.05, 4.69) is 10.6 Å². The van der Waals surface area contributed by atoms with Crippen molar-refractivity contribution in [2.24, 2.45) is 0 Å². The largest absolute Gasteiger partial charge is 0.468 e. The van der Waals surface area contributed by atoms with Crippen LogP contribution < -0.4 is 10.6 Å². The summed E-state index contributed by atoms with van der Waals surface area (Å²) in [6.45, 7) is 1.70. The summed E-state index contributed by atoms with van der Waals surface area (Å²) in [5.74, 6) is 0.396. The first-order chi connectivity index (χ1) is 7.39. The first kappa shape index (κ1) is 13.6. The van der Waals surface area contributed by atoms with E-state index in [4.69, 9.17) is 39.2 Å². The molecule has 0 bridgehead atoms. The molecule has 90 valence electrons. The molecule has 1 unspecified atom stereocenters. The van der Waals surface area contributed by atoms with E-state index in [1.54, 1.807) is 18.4 Å². The fourth-order valence-electron chi connectivity index (χ4n) is 1.07. The van der Waals surface area contributed by atoms with Crippen LogP contribution in [0.25, 0.3) is 0 Å². The molecule has 1 rings (SSSR count). The van der Waals surface area contributed by atoms with Crippen LogP contribution in [0.4, 0.5) is 0 Å². The molecule has 0 fully saturated rings. The van der Waals surface area contributed by atoms with Crippen molar-refractivity contribution in [3.05, 3.63) is 24.2 Å². The number of hydrogen-bond donors (Lipinski definition) is 2. The highest BCUT2D eigenvalue weighted by Gasteiger charge is 2.32. The zero-order chi connectivity index (χ0) is 12.2. The molecule has 0 spiro atoms. The third kappa shape index (κ3) is 4.61. The maximum Gasteiger partial charge on any atom is 0.223 e. The number of carbonyl (C=O) groups is 1. The standard InChI is InChI=1S/C9H11Cl3N2O2/c1-6(15)14-8(9(10,11)12)13-5-7-3-2-4-16-7/h2-4,8,13H,5H2,1H3,(H,14,15). The number of hydrogen-bond acceptors (Lipinski definition) is 3. The van der Waals surface area contributed by atoms with Gasteiger partial charge in [-0.05, 0) is 12.1 Å². The van der Waals surface area contributed by atoms with Crippen LogP contribution in [0.15, 0.2) is 22.8 Å². The molecule has 0 aromatic carbocycles. The topological polar surface area (TPSA) is 54.3 Å². The Labute approximate surface area is 108 Å². The van der Waals surface area contributed by atoms with Crippen molar-refractivity contribution in [3.8, 4) is 0 Å². The van der Waals surface area contributed by atoms with Crippen molar-refractivity contribution < 1.29 is 9.21 Å². The van der Waals surface area contributed by atoms with E-state index in [1.165, 1.54) is 6.92 Å². The molecule has 0 aliphatic rings. The predicted octanol–water partition coefficient (Wildman–Crippen LogP) is 2.20. The second-order valence-corrected chi connectivity index (χ2v) is 5.50. The SMILES string of the molecule is CC(=O)NC(NCc1ccco1)C(Cl)(Cl)Cl. The van der Waals surface area contributed by atoms with Gasteiger partial charge in [-0.3, -0.25) is 10.1 Å². The number of halogens is 3. The minimum atomic E-state index is -1.63. The maximum atomic E-state index is 10.9. The van der Waals surface area contributed by atoms with Crippen LogP contribution in [0.3, 0.4) is 0 Å². The Bertz CT molecular complexity index is 335. The van der Waals surface area contributed by atoms with Gasteiger partial charge in [0.25, 0.3) is 0 Å². The molecule has 4 nitrogen and oxygen atoms in total. The van der Waals surface area contributed by atoms with Gasteiger partial charge in [-0.2, -0.15) is 0 Å². The molecule has 2 N–H and O–H groups in total. The highest BCUT2D eigenvalue weighted by atomic mass is 35.6. The molecule has 0 saturated heterocycles. The Balaban J connectivity index is 2.54. The van der Waals surface area contributed by atoms with Crippen LogP contribution in [-0.2, 0) is 11.3 Å². The number of rotatable bonds is 4. The average Bonchev–Trinajstić information content (AvgIpc) is 2.62. The lowest BCUT2D eigenvalue weighted by atomic mass is 10.4. The number of carbonyl (C=O) groups excluding carboxylic acids is 1. The van der Waals surface area contributed by atoms with E-state index in [0.29, 0.717) is 12.3 Å². The van der Waals surface area contributed by atoms with Crippen LogP contribution in [0.2, 0.25) is 0 Å². The molecular formula is C9H11Cl3N2O2. The van der Waals surface area contributed by atoms with E-state index in [9.17, 15) is 4.79 Å². The van der Waals surface area contributed by atoms with Gasteiger partial charge in [-0.15, -0.1) is 0 Å². The highest BCUT2D eigenvalue weighted by molar-refractivity contribution is 6.68. The summed E-state index contributed by atoms with van der Waals surface area (Å²) in [5, 5.41) is 5.37. The summed E-state index contributed by atoms with van der Waals surface area (Å²) in [5.41, 5.74) is 0. The summed E-state index contributed by atoms with van der Waals surface area (Å²) >= 11 is 17.1. The minimum Gasteiger partial charge on any atom is -0.468 e. The molecule has 1 heterocycles. The van der Waals surface area contributed by atoms with E-state index in [1.807, 2.05) is 0 Å². The van der Waals surface area contributed by atoms with E-state index >= 15 is 0 Å². The second-order valence-electron chi connectivity index (χ2n) is 3.14. The van der Waals surface area contributed by atoms with Gasteiger partial charge in [0.15, 0.2) is 0 Å². The molecule has 1 amide bonds. The molecule has 16 heavy (non-hydrogen) atoms. The van der Waals surface area contributed by atoms with Gasteiger partial charge < -0.3 is 9.73 Å². The van der Waals surface area contributed by atoms with Crippen molar-refractivity contribution in [2.45, 2.75) is 23.4 Å². The Morgan fingerprint density at radius 2 is 2.25 bits per heavy atom. The summed E-state index contributed by atoms with van der Waals surface area (Å²) in [6.07, 6.45) is 0.764. The third-order valence-corrected chi connectivity index (χ3v) is 2.39. The first-order valence-corrected chi connectivity index (χ1v) is 5.62. The lowest BCUT2D eigenvalue weighted by Crippen LogP contribution is -2.52. The van der Waals surface area contributed by atoms with Crippen LogP contribution in [0.1, 0.15) is 12.7 Å². The summed E-state index contributed by atoms with van der Waals surface area (Å²) in [7, 11) is 0. The summed E-state index contributed by atoms with van der Waals surface area (Å²) in [6, 6.07) is 3.52. The lowest BCUT2D eigenvalue weighted by molar-refractivity contribution is -0.119. The normalized spacial score (nSPS) is 13.5. The zero-order valence-corrected chi connectivity index (χ0v) is 10.7. The Hall–Kier alpha value is -0.420. The molecule has 0 radical (unpaired) electrons. The van der Waals surface area contributed by atoms with Crippen LogP contribution in [-0.4, -0.2) is 15.9 Å². The fraction of sp³-hybridized carbons (Fsp3) is 0.444. The molecule has 0 aliphatic carbocycles. The lowest BCUT2D eigenvalue weighted by Gasteiger charge is -2.25. The third-order valence-electron chi connectivity index (χ3n) is 1.74. The van der Waals surface area contributed by atoms with E-state index < -0.39 is 9.96 Å². The molecule has 1 aromatic heterocycles. The van der Waals surface area contributed by atoms with E-state index in [-0.39, 0.29) is 5.91 Å². The van der Waals surface area contributed by atoms with Gasteiger partial charge in [-0.25, -0.2) is 0 Å². The second kappa shape index (κ2) is 5.77. The first-order valence-electron chi connectivity index (χ1n) is 4.49. The zero-order valence-electron chi connectivity index (χ0n) is 8.47. The van der Waals surface area contributed by atoms with Gasteiger partial charge in [0.1, 0.15) is 11.9 Å². The van der Waals surface area contributed by atoms with Crippen molar-refractivity contribution in [3.63, 3.8) is 0 Å². The highest BCUT2D eigenvalue weighted by Crippen LogP contribution is 2.29. The Morgan fingerprint density at radius 3 is 2.69 bits per heavy atom. The monoisotopic (exact) mass is 284 g/mol. The van der Waals surface area contributed by atoms with Gasteiger partial charge in [0, 0.05) is 6.92 Å². The summed E-state index contributed by atoms with van der Waals surface area (Å²) < 4.78 is 3.47. The summed E-state index contributed by atoms with van der Waals surface area (Å²) in [4.78, 5) is 10.9. The smallest absolute Gasteiger partial charge is 0.223 e. The fourth-order valence-corrected chi connectivity index (χ4v) is 1.46. The molecule has 0 aliphatic heterocycles. The van der Waals surface area contributed by atoms with Crippen molar-refractivity contribution in [1.82, 2.24) is 10.6 Å². The van der Waals surface area contributed by atoms with Crippen molar-refractivity contribution in [2.75, 3.05) is 0 Å². The molecule has 7 heteroatoms. The van der Waals surface area contributed by atoms with Crippen LogP contribution in [0, 0.1) is 0 Å². The van der Waals surface area contributed by atoms with Gasteiger partial charge in [0.05, 0.1) is 12.8 Å². The number of furan rings is 1. The maximum absolute atomic E-state index is 10.9. The van der Waals surface area contributed by atoms with Crippen molar-refractivity contribution >= 4 is 40.7 Å². The Morgan fingerprint density at radius 1 is 1.56 bits per heavy atom. The van der Waals surface area contributed by atoms with E-state index in [0.717, 1.165) is 0 Å². The number of nitrogens with one attached hydrogen (secondary N) is 2. The number of amides is 1. The van der Waals surface area contributed by atoms with Gasteiger partial charge >= 0.3 is 0 Å². The van der Waals surface area contributed by atoms with Crippen LogP contribution in [0.5, 0.6) is 0 Å². The molecule has 1 atom stereocenters. The number of alkyl halides is 3. The average molecular weight is 286 g/mol. The quantitative estimate of drug-likeness (QED) is 0.659.